The zero-order chi connectivity index (χ0) is 18.1. The van der Waals surface area contributed by atoms with Crippen molar-refractivity contribution in [3.05, 3.63) is 47.4 Å². The van der Waals surface area contributed by atoms with Crippen LogP contribution in [0.1, 0.15) is 49.0 Å². The van der Waals surface area contributed by atoms with Gasteiger partial charge in [-0.25, -0.2) is 0 Å². The number of hydrogen-bond donors (Lipinski definition) is 0. The third-order valence-electron chi connectivity index (χ3n) is 5.76. The van der Waals surface area contributed by atoms with Crippen molar-refractivity contribution in [1.29, 1.82) is 0 Å². The Morgan fingerprint density at radius 3 is 2.62 bits per heavy atom. The van der Waals surface area contributed by atoms with Gasteiger partial charge in [0.2, 0.25) is 12.7 Å². The highest BCUT2D eigenvalue weighted by Crippen LogP contribution is 2.44. The van der Waals surface area contributed by atoms with E-state index in [-0.39, 0.29) is 12.7 Å². The molecule has 0 unspecified atom stereocenters. The van der Waals surface area contributed by atoms with Gasteiger partial charge in [0.25, 0.3) is 0 Å². The van der Waals surface area contributed by atoms with Gasteiger partial charge < -0.3 is 18.8 Å². The number of ether oxygens (including phenoxy) is 2. The van der Waals surface area contributed by atoms with Crippen LogP contribution in [-0.2, 0) is 16.8 Å². The molecule has 1 aliphatic carbocycles. The van der Waals surface area contributed by atoms with Crippen LogP contribution in [-0.4, -0.2) is 24.6 Å². The molecule has 138 valence electrons. The van der Waals surface area contributed by atoms with Gasteiger partial charge in [0.15, 0.2) is 11.5 Å². The Morgan fingerprint density at radius 2 is 1.88 bits per heavy atom. The van der Waals surface area contributed by atoms with Gasteiger partial charge in [-0.1, -0.05) is 25.3 Å². The molecule has 0 spiro atoms. The predicted octanol–water partition coefficient (Wildman–Crippen LogP) is 4.18. The maximum atomic E-state index is 13.6. The van der Waals surface area contributed by atoms with E-state index < -0.39 is 5.41 Å². The summed E-state index contributed by atoms with van der Waals surface area (Å²) in [6, 6.07) is 7.91. The Kier molecular flexibility index (Phi) is 4.39. The average molecular weight is 355 g/mol. The largest absolute Gasteiger partial charge is 0.469 e. The van der Waals surface area contributed by atoms with Crippen LogP contribution in [0, 0.1) is 6.92 Å². The molecule has 5 nitrogen and oxygen atoms in total. The maximum Gasteiger partial charge on any atom is 0.233 e. The maximum absolute atomic E-state index is 13.6. The van der Waals surface area contributed by atoms with Crippen molar-refractivity contribution in [2.75, 3.05) is 13.8 Å². The van der Waals surface area contributed by atoms with Gasteiger partial charge in [-0.3, -0.25) is 4.79 Å². The summed E-state index contributed by atoms with van der Waals surface area (Å²) in [6.07, 6.45) is 6.75. The molecule has 0 atom stereocenters. The van der Waals surface area contributed by atoms with E-state index in [0.29, 0.717) is 6.54 Å². The number of rotatable bonds is 4. The topological polar surface area (TPSA) is 51.9 Å². The summed E-state index contributed by atoms with van der Waals surface area (Å²) in [5, 5.41) is 0. The van der Waals surface area contributed by atoms with E-state index in [1.54, 1.807) is 6.26 Å². The Bertz CT molecular complexity index is 804. The lowest BCUT2D eigenvalue weighted by Crippen LogP contribution is -2.46. The number of benzene rings is 1. The summed E-state index contributed by atoms with van der Waals surface area (Å²) in [6.45, 7) is 2.74. The average Bonchev–Trinajstić information content (AvgIpc) is 3.30. The first-order valence-electron chi connectivity index (χ1n) is 9.29. The van der Waals surface area contributed by atoms with Crippen molar-refractivity contribution in [1.82, 2.24) is 4.90 Å². The van der Waals surface area contributed by atoms with Gasteiger partial charge >= 0.3 is 0 Å². The number of nitrogens with zero attached hydrogens (tertiary/aromatic N) is 1. The Hall–Kier alpha value is -2.43. The number of likely N-dealkylation sites (N-methyl/N-ethyl adjacent to an activating group) is 1. The summed E-state index contributed by atoms with van der Waals surface area (Å²) in [5.41, 5.74) is 1.62. The third-order valence-corrected chi connectivity index (χ3v) is 5.76. The van der Waals surface area contributed by atoms with Gasteiger partial charge in [-0.05, 0) is 43.5 Å². The van der Waals surface area contributed by atoms with Crippen LogP contribution in [0.5, 0.6) is 11.5 Å². The molecule has 2 heterocycles. The second kappa shape index (κ2) is 6.71. The third kappa shape index (κ3) is 2.85. The van der Waals surface area contributed by atoms with Crippen LogP contribution >= 0.6 is 0 Å². The summed E-state index contributed by atoms with van der Waals surface area (Å²) < 4.78 is 16.4. The molecule has 1 fully saturated rings. The lowest BCUT2D eigenvalue weighted by Gasteiger charge is -2.39. The number of amides is 1. The number of hydrogen-bond acceptors (Lipinski definition) is 4. The van der Waals surface area contributed by atoms with Crippen LogP contribution < -0.4 is 9.47 Å². The quantitative estimate of drug-likeness (QED) is 0.826. The number of carbonyl (C=O) groups is 1. The van der Waals surface area contributed by atoms with Crippen molar-refractivity contribution < 1.29 is 18.7 Å². The highest BCUT2D eigenvalue weighted by Gasteiger charge is 2.43. The van der Waals surface area contributed by atoms with Crippen LogP contribution in [0.15, 0.2) is 34.9 Å². The van der Waals surface area contributed by atoms with E-state index in [9.17, 15) is 4.79 Å². The van der Waals surface area contributed by atoms with E-state index >= 15 is 0 Å². The number of carbonyl (C=O) groups excluding carboxylic acids is 1. The van der Waals surface area contributed by atoms with E-state index in [1.807, 2.05) is 43.1 Å². The molecular formula is C21H25NO4. The fraction of sp³-hybridized carbons (Fsp3) is 0.476. The van der Waals surface area contributed by atoms with Gasteiger partial charge in [0, 0.05) is 19.2 Å². The number of furan rings is 1. The lowest BCUT2D eigenvalue weighted by molar-refractivity contribution is -0.138. The van der Waals surface area contributed by atoms with Crippen LogP contribution in [0.4, 0.5) is 0 Å². The number of fused-ring (bicyclic) bond motifs is 1. The van der Waals surface area contributed by atoms with Gasteiger partial charge in [-0.15, -0.1) is 0 Å². The van der Waals surface area contributed by atoms with Gasteiger partial charge in [0.05, 0.1) is 11.7 Å². The molecule has 0 radical (unpaired) electrons. The van der Waals surface area contributed by atoms with Crippen LogP contribution in [0.25, 0.3) is 0 Å². The van der Waals surface area contributed by atoms with Crippen molar-refractivity contribution in [3.63, 3.8) is 0 Å². The van der Waals surface area contributed by atoms with E-state index in [0.717, 1.165) is 54.1 Å². The monoisotopic (exact) mass is 355 g/mol. The van der Waals surface area contributed by atoms with Gasteiger partial charge in [-0.2, -0.15) is 0 Å². The molecule has 1 amide bonds. The summed E-state index contributed by atoms with van der Waals surface area (Å²) in [4.78, 5) is 15.4. The smallest absolute Gasteiger partial charge is 0.233 e. The number of aryl methyl sites for hydroxylation is 1. The normalized spacial score (nSPS) is 17.9. The van der Waals surface area contributed by atoms with Crippen molar-refractivity contribution in [3.8, 4) is 11.5 Å². The minimum Gasteiger partial charge on any atom is -0.469 e. The molecule has 0 N–H and O–H groups in total. The van der Waals surface area contributed by atoms with E-state index in [1.165, 1.54) is 6.42 Å². The first kappa shape index (κ1) is 17.0. The summed E-state index contributed by atoms with van der Waals surface area (Å²) >= 11 is 0. The first-order valence-corrected chi connectivity index (χ1v) is 9.29. The predicted molar refractivity (Wildman–Crippen MR) is 97.2 cm³/mol. The highest BCUT2D eigenvalue weighted by molar-refractivity contribution is 5.88. The molecule has 5 heteroatoms. The molecule has 1 aliphatic heterocycles. The fourth-order valence-corrected chi connectivity index (χ4v) is 4.24. The minimum absolute atomic E-state index is 0.177. The fourth-order valence-electron chi connectivity index (χ4n) is 4.24. The van der Waals surface area contributed by atoms with E-state index in [2.05, 4.69) is 0 Å². The SMILES string of the molecule is Cc1occc1CN(C)C(=O)C1(c2ccc3c(c2)OCO3)CCCCC1. The van der Waals surface area contributed by atoms with Crippen LogP contribution in [0.2, 0.25) is 0 Å². The van der Waals surface area contributed by atoms with Gasteiger partial charge in [0.1, 0.15) is 5.76 Å². The first-order chi connectivity index (χ1) is 12.6. The molecule has 1 saturated carbocycles. The Balaban J connectivity index is 1.65. The molecule has 2 aromatic rings. The molecule has 0 bridgehead atoms. The van der Waals surface area contributed by atoms with Crippen molar-refractivity contribution >= 4 is 5.91 Å². The molecule has 26 heavy (non-hydrogen) atoms. The van der Waals surface area contributed by atoms with Crippen molar-refractivity contribution in [2.24, 2.45) is 0 Å². The second-order valence-electron chi connectivity index (χ2n) is 7.37. The Labute approximate surface area is 153 Å². The minimum atomic E-state index is -0.481. The highest BCUT2D eigenvalue weighted by atomic mass is 16.7. The van der Waals surface area contributed by atoms with Crippen molar-refractivity contribution in [2.45, 2.75) is 51.0 Å². The molecule has 0 saturated heterocycles. The lowest BCUT2D eigenvalue weighted by atomic mass is 9.68. The van der Waals surface area contributed by atoms with Crippen LogP contribution in [0.3, 0.4) is 0 Å². The zero-order valence-electron chi connectivity index (χ0n) is 15.4. The molecule has 1 aromatic heterocycles. The zero-order valence-corrected chi connectivity index (χ0v) is 15.4. The molecule has 4 rings (SSSR count). The van der Waals surface area contributed by atoms with E-state index in [4.69, 9.17) is 13.9 Å². The molecule has 1 aromatic carbocycles. The summed E-state index contributed by atoms with van der Waals surface area (Å²) in [5.74, 6) is 2.55. The Morgan fingerprint density at radius 1 is 1.12 bits per heavy atom. The second-order valence-corrected chi connectivity index (χ2v) is 7.37. The molecular weight excluding hydrogens is 330 g/mol. The summed E-state index contributed by atoms with van der Waals surface area (Å²) in [7, 11) is 1.89. The standard InChI is InChI=1S/C21H25NO4/c1-15-16(8-11-24-15)13-22(2)20(23)21(9-4-3-5-10-21)17-6-7-18-19(12-17)26-14-25-18/h6-8,11-12H,3-5,9-10,13-14H2,1-2H3. The molecule has 2 aliphatic rings.